The van der Waals surface area contributed by atoms with Crippen LogP contribution in [0.2, 0.25) is 0 Å². The minimum absolute atomic E-state index is 0. The maximum atomic E-state index is 10.6. The third-order valence-electron chi connectivity index (χ3n) is 0.961. The van der Waals surface area contributed by atoms with Gasteiger partial charge in [-0.15, -0.1) is 17.0 Å². The second-order valence-electron chi connectivity index (χ2n) is 1.70. The fourth-order valence-corrected chi connectivity index (χ4v) is 0.578. The highest BCUT2D eigenvalue weighted by atomic mass is 79.9. The lowest BCUT2D eigenvalue weighted by atomic mass is 10.7. The minimum atomic E-state index is -0.751. The van der Waals surface area contributed by atoms with Crippen LogP contribution >= 0.6 is 17.0 Å². The lowest BCUT2D eigenvalue weighted by molar-refractivity contribution is 0.246. The molecule has 0 spiro atoms. The predicted octanol–water partition coefficient (Wildman–Crippen LogP) is -1.33. The van der Waals surface area contributed by atoms with Crippen LogP contribution in [-0.2, 0) is 6.54 Å². The van der Waals surface area contributed by atoms with Gasteiger partial charge in [-0.25, -0.2) is 14.6 Å². The SMILES string of the molecule is Br.NCCn1oc(=O)[nH]c1=O. The van der Waals surface area contributed by atoms with Gasteiger partial charge in [0.25, 0.3) is 0 Å². The molecule has 0 fully saturated rings. The van der Waals surface area contributed by atoms with Crippen LogP contribution in [0.25, 0.3) is 0 Å². The number of hydrogen-bond acceptors (Lipinski definition) is 4. The minimum Gasteiger partial charge on any atom is -0.329 e. The topological polar surface area (TPSA) is 94.0 Å². The van der Waals surface area contributed by atoms with Gasteiger partial charge in [0.15, 0.2) is 0 Å². The molecule has 0 saturated heterocycles. The van der Waals surface area contributed by atoms with Gasteiger partial charge < -0.3 is 10.3 Å². The van der Waals surface area contributed by atoms with E-state index in [2.05, 4.69) is 4.52 Å². The van der Waals surface area contributed by atoms with Crippen molar-refractivity contribution in [3.8, 4) is 0 Å². The summed E-state index contributed by atoms with van der Waals surface area (Å²) in [5.41, 5.74) is 4.54. The molecule has 3 N–H and O–H groups in total. The number of H-pyrrole nitrogens is 1. The number of nitrogens with two attached hydrogens (primary N) is 1. The largest absolute Gasteiger partial charge is 0.440 e. The molecule has 0 aliphatic heterocycles. The summed E-state index contributed by atoms with van der Waals surface area (Å²) in [6.45, 7) is 0.484. The van der Waals surface area contributed by atoms with Crippen molar-refractivity contribution >= 4 is 17.0 Å². The Kier molecular flexibility index (Phi) is 3.83. The molecule has 6 nitrogen and oxygen atoms in total. The lowest BCUT2D eigenvalue weighted by Crippen LogP contribution is -2.20. The van der Waals surface area contributed by atoms with Crippen molar-refractivity contribution in [2.75, 3.05) is 6.54 Å². The quantitative estimate of drug-likeness (QED) is 0.652. The van der Waals surface area contributed by atoms with Crippen LogP contribution in [0.15, 0.2) is 14.1 Å². The van der Waals surface area contributed by atoms with Crippen LogP contribution in [0.1, 0.15) is 0 Å². The molecule has 0 aromatic carbocycles. The van der Waals surface area contributed by atoms with Crippen molar-refractivity contribution in [1.29, 1.82) is 0 Å². The van der Waals surface area contributed by atoms with Crippen molar-refractivity contribution < 1.29 is 4.52 Å². The molecule has 0 radical (unpaired) electrons. The first kappa shape index (κ1) is 10.2. The van der Waals surface area contributed by atoms with Gasteiger partial charge in [-0.05, 0) is 0 Å². The summed E-state index contributed by atoms with van der Waals surface area (Å²) in [4.78, 5) is 22.8. The highest BCUT2D eigenvalue weighted by molar-refractivity contribution is 8.93. The Morgan fingerprint density at radius 2 is 2.18 bits per heavy atom. The van der Waals surface area contributed by atoms with Crippen molar-refractivity contribution in [1.82, 2.24) is 9.72 Å². The Hall–Kier alpha value is -0.820. The zero-order valence-corrected chi connectivity index (χ0v) is 7.28. The van der Waals surface area contributed by atoms with Gasteiger partial charge in [0.2, 0.25) is 0 Å². The van der Waals surface area contributed by atoms with Gasteiger partial charge in [0.05, 0.1) is 6.54 Å². The molecule has 1 rings (SSSR count). The van der Waals surface area contributed by atoms with E-state index < -0.39 is 11.4 Å². The van der Waals surface area contributed by atoms with E-state index in [1.807, 2.05) is 4.98 Å². The summed E-state index contributed by atoms with van der Waals surface area (Å²) in [5, 5.41) is 0. The summed E-state index contributed by atoms with van der Waals surface area (Å²) in [6.07, 6.45) is 0. The van der Waals surface area contributed by atoms with Crippen molar-refractivity contribution in [3.63, 3.8) is 0 Å². The molecular formula is C4H8BrN3O3. The fraction of sp³-hybridized carbons (Fsp3) is 0.500. The number of nitrogens with zero attached hydrogens (tertiary/aromatic N) is 1. The standard InChI is InChI=1S/C4H7N3O3.BrH/c5-1-2-7-3(8)6-4(9)10-7;/h1-2,5H2,(H,6,8,9);1H. The van der Waals surface area contributed by atoms with E-state index in [0.717, 1.165) is 4.74 Å². The van der Waals surface area contributed by atoms with Crippen LogP contribution in [0, 0.1) is 0 Å². The fourth-order valence-electron chi connectivity index (χ4n) is 0.578. The van der Waals surface area contributed by atoms with Crippen LogP contribution in [0.5, 0.6) is 0 Å². The van der Waals surface area contributed by atoms with E-state index in [1.54, 1.807) is 0 Å². The van der Waals surface area contributed by atoms with Gasteiger partial charge >= 0.3 is 11.4 Å². The molecule has 0 amide bonds. The molecule has 11 heavy (non-hydrogen) atoms. The second-order valence-corrected chi connectivity index (χ2v) is 1.70. The second kappa shape index (κ2) is 4.14. The van der Waals surface area contributed by atoms with E-state index in [1.165, 1.54) is 0 Å². The monoisotopic (exact) mass is 225 g/mol. The molecule has 0 aliphatic rings. The van der Waals surface area contributed by atoms with E-state index in [9.17, 15) is 9.59 Å². The molecule has 1 aromatic rings. The summed E-state index contributed by atoms with van der Waals surface area (Å²) in [6, 6.07) is 0. The van der Waals surface area contributed by atoms with Gasteiger partial charge in [0.1, 0.15) is 0 Å². The molecule has 0 atom stereocenters. The van der Waals surface area contributed by atoms with E-state index in [4.69, 9.17) is 5.73 Å². The van der Waals surface area contributed by atoms with Crippen LogP contribution in [0.3, 0.4) is 0 Å². The molecule has 1 heterocycles. The zero-order chi connectivity index (χ0) is 7.56. The lowest BCUT2D eigenvalue weighted by Gasteiger charge is -1.89. The first-order valence-corrected chi connectivity index (χ1v) is 2.74. The maximum absolute atomic E-state index is 10.6. The highest BCUT2D eigenvalue weighted by Gasteiger charge is 1.98. The Morgan fingerprint density at radius 1 is 1.55 bits per heavy atom. The summed E-state index contributed by atoms with van der Waals surface area (Å²) >= 11 is 0. The molecule has 0 aliphatic carbocycles. The highest BCUT2D eigenvalue weighted by Crippen LogP contribution is 1.68. The Balaban J connectivity index is 0.000001000. The van der Waals surface area contributed by atoms with Gasteiger partial charge in [-0.2, -0.15) is 4.74 Å². The average Bonchev–Trinajstić information content (AvgIpc) is 2.13. The summed E-state index contributed by atoms with van der Waals surface area (Å²) in [7, 11) is 0. The average molecular weight is 226 g/mol. The summed E-state index contributed by atoms with van der Waals surface area (Å²) < 4.78 is 5.25. The first-order chi connectivity index (χ1) is 4.74. The maximum Gasteiger partial charge on any atom is 0.440 e. The Labute approximate surface area is 71.7 Å². The number of aromatic amines is 1. The van der Waals surface area contributed by atoms with Crippen molar-refractivity contribution in [3.05, 3.63) is 21.0 Å². The molecule has 0 unspecified atom stereocenters. The van der Waals surface area contributed by atoms with Gasteiger partial charge in [-0.1, -0.05) is 0 Å². The first-order valence-electron chi connectivity index (χ1n) is 2.74. The van der Waals surface area contributed by atoms with E-state index >= 15 is 0 Å². The number of halogens is 1. The molecule has 1 aromatic heterocycles. The van der Waals surface area contributed by atoms with E-state index in [0.29, 0.717) is 0 Å². The predicted molar refractivity (Wildman–Crippen MR) is 43.0 cm³/mol. The van der Waals surface area contributed by atoms with Crippen molar-refractivity contribution in [2.24, 2.45) is 5.73 Å². The van der Waals surface area contributed by atoms with Gasteiger partial charge in [-0.3, -0.25) is 0 Å². The third-order valence-corrected chi connectivity index (χ3v) is 0.961. The molecule has 0 saturated carbocycles. The van der Waals surface area contributed by atoms with Crippen LogP contribution in [-0.4, -0.2) is 16.3 Å². The Bertz CT molecular complexity index is 311. The number of nitrogens with one attached hydrogen (secondary N) is 1. The smallest absolute Gasteiger partial charge is 0.329 e. The van der Waals surface area contributed by atoms with Crippen molar-refractivity contribution in [2.45, 2.75) is 6.54 Å². The molecule has 64 valence electrons. The molecule has 7 heteroatoms. The van der Waals surface area contributed by atoms with Gasteiger partial charge in [0, 0.05) is 6.54 Å². The van der Waals surface area contributed by atoms with Crippen LogP contribution < -0.4 is 17.2 Å². The molecule has 0 bridgehead atoms. The number of aromatic nitrogens is 2. The number of hydrogen-bond donors (Lipinski definition) is 2. The zero-order valence-electron chi connectivity index (χ0n) is 5.57. The Morgan fingerprint density at radius 3 is 2.55 bits per heavy atom. The molecular weight excluding hydrogens is 218 g/mol. The normalized spacial score (nSPS) is 9.18. The third kappa shape index (κ3) is 2.35. The van der Waals surface area contributed by atoms with Crippen LogP contribution in [0.4, 0.5) is 0 Å². The number of rotatable bonds is 2. The summed E-state index contributed by atoms with van der Waals surface area (Å²) in [5.74, 6) is -0.751. The van der Waals surface area contributed by atoms with E-state index in [-0.39, 0.29) is 30.1 Å².